The summed E-state index contributed by atoms with van der Waals surface area (Å²) in [6.07, 6.45) is 23.0. The highest BCUT2D eigenvalue weighted by atomic mass is 79.9. The zero-order valence-electron chi connectivity index (χ0n) is 14.2. The van der Waals surface area contributed by atoms with Crippen molar-refractivity contribution in [1.29, 1.82) is 0 Å². The summed E-state index contributed by atoms with van der Waals surface area (Å²) in [6.45, 7) is 3.39. The lowest BCUT2D eigenvalue weighted by Crippen LogP contribution is -1.97. The van der Waals surface area contributed by atoms with Crippen LogP contribution in [0.15, 0.2) is 0 Å². The van der Waals surface area contributed by atoms with Gasteiger partial charge in [0.25, 0.3) is 0 Å². The van der Waals surface area contributed by atoms with Crippen molar-refractivity contribution in [2.45, 2.75) is 110 Å². The summed E-state index contributed by atoms with van der Waals surface area (Å²) >= 11 is 6.74. The Morgan fingerprint density at radius 1 is 0.476 bits per heavy atom. The number of hydrogen-bond acceptors (Lipinski definition) is 1. The van der Waals surface area contributed by atoms with Gasteiger partial charge in [-0.1, -0.05) is 103 Å². The first-order valence-corrected chi connectivity index (χ1v) is 10.8. The van der Waals surface area contributed by atoms with E-state index in [1.807, 2.05) is 2.95 Å². The molecule has 0 aliphatic carbocycles. The van der Waals surface area contributed by atoms with Gasteiger partial charge in [0.1, 0.15) is 0 Å². The third-order valence-corrected chi connectivity index (χ3v) is 4.89. The average molecular weight is 427 g/mol. The molecular formula is C18H37Br2N. The van der Waals surface area contributed by atoms with E-state index in [1.165, 1.54) is 103 Å². The smallest absolute Gasteiger partial charge is 0.0239 e. The second-order valence-electron chi connectivity index (χ2n) is 6.33. The molecular weight excluding hydrogens is 390 g/mol. The van der Waals surface area contributed by atoms with Crippen LogP contribution in [0.5, 0.6) is 0 Å². The Kier molecular flexibility index (Phi) is 19.8. The Morgan fingerprint density at radius 2 is 0.762 bits per heavy atom. The summed E-state index contributed by atoms with van der Waals surface area (Å²) in [4.78, 5) is 0. The minimum atomic E-state index is 1.10. The second kappa shape index (κ2) is 19.0. The topological polar surface area (TPSA) is 3.24 Å². The Labute approximate surface area is 151 Å². The van der Waals surface area contributed by atoms with Crippen LogP contribution in [-0.4, -0.2) is 9.50 Å². The van der Waals surface area contributed by atoms with E-state index >= 15 is 0 Å². The average Bonchev–Trinajstić information content (AvgIpc) is 2.46. The van der Waals surface area contributed by atoms with E-state index < -0.39 is 0 Å². The van der Waals surface area contributed by atoms with Crippen LogP contribution in [0.2, 0.25) is 0 Å². The first-order chi connectivity index (χ1) is 10.3. The van der Waals surface area contributed by atoms with Gasteiger partial charge < -0.3 is 0 Å². The number of nitrogens with zero attached hydrogens (tertiary/aromatic N) is 1. The molecule has 0 aliphatic heterocycles. The third-order valence-electron chi connectivity index (χ3n) is 4.18. The quantitative estimate of drug-likeness (QED) is 0.167. The Bertz CT molecular complexity index is 186. The highest BCUT2D eigenvalue weighted by Gasteiger charge is 1.96. The van der Waals surface area contributed by atoms with Crippen LogP contribution in [0.4, 0.5) is 0 Å². The van der Waals surface area contributed by atoms with E-state index in [-0.39, 0.29) is 0 Å². The molecule has 0 aromatic carbocycles. The number of halogens is 2. The molecule has 0 bridgehead atoms. The molecule has 0 fully saturated rings. The summed E-state index contributed by atoms with van der Waals surface area (Å²) in [5.41, 5.74) is 0. The fourth-order valence-electron chi connectivity index (χ4n) is 2.78. The van der Waals surface area contributed by atoms with Crippen molar-refractivity contribution in [2.75, 3.05) is 6.54 Å². The van der Waals surface area contributed by atoms with Crippen LogP contribution in [0.3, 0.4) is 0 Å². The van der Waals surface area contributed by atoms with Crippen molar-refractivity contribution in [3.8, 4) is 0 Å². The van der Waals surface area contributed by atoms with Crippen LogP contribution in [0.1, 0.15) is 110 Å². The zero-order chi connectivity index (χ0) is 15.6. The predicted octanol–water partition coefficient (Wildman–Crippen LogP) is 8.17. The Balaban J connectivity index is 2.93. The van der Waals surface area contributed by atoms with Gasteiger partial charge in [0.05, 0.1) is 0 Å². The maximum absolute atomic E-state index is 3.37. The van der Waals surface area contributed by atoms with Gasteiger partial charge in [0.2, 0.25) is 0 Å². The third kappa shape index (κ3) is 20.9. The summed E-state index contributed by atoms with van der Waals surface area (Å²) < 4.78 is 1.92. The van der Waals surface area contributed by atoms with Gasteiger partial charge in [-0.3, -0.25) is 0 Å². The van der Waals surface area contributed by atoms with Crippen molar-refractivity contribution in [1.82, 2.24) is 2.95 Å². The highest BCUT2D eigenvalue weighted by molar-refractivity contribution is 9.21. The maximum Gasteiger partial charge on any atom is 0.0239 e. The van der Waals surface area contributed by atoms with E-state index in [0.717, 1.165) is 6.54 Å². The van der Waals surface area contributed by atoms with E-state index in [4.69, 9.17) is 0 Å². The predicted molar refractivity (Wildman–Crippen MR) is 104 cm³/mol. The second-order valence-corrected chi connectivity index (χ2v) is 8.99. The van der Waals surface area contributed by atoms with Crippen molar-refractivity contribution in [2.24, 2.45) is 0 Å². The van der Waals surface area contributed by atoms with E-state index in [1.54, 1.807) is 0 Å². The van der Waals surface area contributed by atoms with Crippen LogP contribution >= 0.6 is 32.3 Å². The zero-order valence-corrected chi connectivity index (χ0v) is 17.4. The van der Waals surface area contributed by atoms with Crippen LogP contribution < -0.4 is 0 Å². The van der Waals surface area contributed by atoms with E-state index in [9.17, 15) is 0 Å². The highest BCUT2D eigenvalue weighted by Crippen LogP contribution is 2.14. The van der Waals surface area contributed by atoms with Gasteiger partial charge in [-0.15, -0.1) is 0 Å². The molecule has 128 valence electrons. The SMILES string of the molecule is CCCCCCCCCCCCCCCCCCN(Br)Br. The fraction of sp³-hybridized carbons (Fsp3) is 1.00. The van der Waals surface area contributed by atoms with Gasteiger partial charge in [-0.05, 0) is 6.42 Å². The molecule has 0 amide bonds. The lowest BCUT2D eigenvalue weighted by molar-refractivity contribution is 0.526. The van der Waals surface area contributed by atoms with Crippen molar-refractivity contribution in [3.63, 3.8) is 0 Å². The summed E-state index contributed by atoms with van der Waals surface area (Å²) in [5.74, 6) is 0. The summed E-state index contributed by atoms with van der Waals surface area (Å²) in [7, 11) is 0. The maximum atomic E-state index is 3.37. The molecule has 0 radical (unpaired) electrons. The van der Waals surface area contributed by atoms with Crippen LogP contribution in [-0.2, 0) is 0 Å². The number of rotatable bonds is 17. The standard InChI is InChI=1S/C18H37Br2N/c1-2-3-4-5-6-7-8-9-10-11-12-13-14-15-16-17-18-21(19)20/h2-18H2,1H3. The lowest BCUT2D eigenvalue weighted by Gasteiger charge is -2.05. The first-order valence-electron chi connectivity index (χ1n) is 9.36. The normalized spacial score (nSPS) is 11.4. The molecule has 0 atom stereocenters. The largest absolute Gasteiger partial charge is 0.178 e. The molecule has 0 aliphatic rings. The number of unbranched alkanes of at least 4 members (excludes halogenated alkanes) is 15. The molecule has 0 N–H and O–H groups in total. The minimum Gasteiger partial charge on any atom is -0.178 e. The molecule has 0 aromatic heterocycles. The van der Waals surface area contributed by atoms with Crippen molar-refractivity contribution < 1.29 is 0 Å². The molecule has 21 heavy (non-hydrogen) atoms. The molecule has 0 saturated carbocycles. The van der Waals surface area contributed by atoms with Gasteiger partial charge >= 0.3 is 0 Å². The summed E-state index contributed by atoms with van der Waals surface area (Å²) in [6, 6.07) is 0. The number of hydrogen-bond donors (Lipinski definition) is 0. The Morgan fingerprint density at radius 3 is 1.05 bits per heavy atom. The molecule has 0 spiro atoms. The summed E-state index contributed by atoms with van der Waals surface area (Å²) in [5, 5.41) is 0. The molecule has 1 nitrogen and oxygen atoms in total. The first kappa shape index (κ1) is 21.9. The fourth-order valence-corrected chi connectivity index (χ4v) is 3.28. The van der Waals surface area contributed by atoms with Gasteiger partial charge in [-0.2, -0.15) is 2.95 Å². The molecule has 0 aromatic rings. The van der Waals surface area contributed by atoms with Crippen LogP contribution in [0.25, 0.3) is 0 Å². The lowest BCUT2D eigenvalue weighted by atomic mass is 10.0. The molecule has 0 heterocycles. The van der Waals surface area contributed by atoms with Crippen molar-refractivity contribution >= 4 is 32.3 Å². The van der Waals surface area contributed by atoms with E-state index in [2.05, 4.69) is 39.2 Å². The van der Waals surface area contributed by atoms with Gasteiger partial charge in [-0.25, -0.2) is 0 Å². The molecule has 0 saturated heterocycles. The minimum absolute atomic E-state index is 1.10. The molecule has 3 heteroatoms. The van der Waals surface area contributed by atoms with Crippen LogP contribution in [0, 0.1) is 0 Å². The van der Waals surface area contributed by atoms with Gasteiger partial charge in [0.15, 0.2) is 0 Å². The Hall–Kier alpha value is 0.920. The molecule has 0 rings (SSSR count). The van der Waals surface area contributed by atoms with Gasteiger partial charge in [0, 0.05) is 38.8 Å². The van der Waals surface area contributed by atoms with E-state index in [0.29, 0.717) is 0 Å². The van der Waals surface area contributed by atoms with Crippen molar-refractivity contribution in [3.05, 3.63) is 0 Å². The monoisotopic (exact) mass is 425 g/mol. The molecule has 0 unspecified atom stereocenters.